The molecular weight excluding hydrogens is 444 g/mol. The third-order valence-corrected chi connectivity index (χ3v) is 6.31. The molecule has 10 nitrogen and oxygen atoms in total. The van der Waals surface area contributed by atoms with Crippen LogP contribution in [0.2, 0.25) is 0 Å². The lowest BCUT2D eigenvalue weighted by Crippen LogP contribution is -2.23. The quantitative estimate of drug-likeness (QED) is 0.183. The third kappa shape index (κ3) is 8.91. The Balaban J connectivity index is 2.01. The van der Waals surface area contributed by atoms with Crippen LogP contribution in [-0.2, 0) is 22.4 Å². The number of carbonyl (C=O) groups is 2. The highest BCUT2D eigenvalue weighted by molar-refractivity contribution is 8.25. The highest BCUT2D eigenvalue weighted by atomic mass is 32.3. The minimum Gasteiger partial charge on any atom is -0.399 e. The van der Waals surface area contributed by atoms with Crippen molar-refractivity contribution < 1.29 is 18.7 Å². The first kappa shape index (κ1) is 26.4. The van der Waals surface area contributed by atoms with E-state index >= 15 is 0 Å². The lowest BCUT2D eigenvalue weighted by molar-refractivity contribution is -0.116. The minimum atomic E-state index is -3.44. The summed E-state index contributed by atoms with van der Waals surface area (Å²) in [5.41, 5.74) is 26.3. The molecule has 33 heavy (non-hydrogen) atoms. The van der Waals surface area contributed by atoms with Crippen LogP contribution in [0.25, 0.3) is 0 Å². The van der Waals surface area contributed by atoms with Crippen LogP contribution in [0.1, 0.15) is 11.1 Å². The number of hydrogen-bond acceptors (Lipinski definition) is 10. The summed E-state index contributed by atoms with van der Waals surface area (Å²) in [6.45, 7) is 1.86. The number of hydrogen-bond donors (Lipinski definition) is 8. The van der Waals surface area contributed by atoms with E-state index in [0.29, 0.717) is 60.1 Å². The Morgan fingerprint density at radius 3 is 1.52 bits per heavy atom. The zero-order valence-corrected chi connectivity index (χ0v) is 19.4. The second-order valence-corrected chi connectivity index (χ2v) is 9.97. The summed E-state index contributed by atoms with van der Waals surface area (Å²) in [7, 11) is -3.44. The number of rotatable bonds is 14. The van der Waals surface area contributed by atoms with Crippen molar-refractivity contribution >= 4 is 44.9 Å². The molecule has 0 heterocycles. The molecule has 0 unspecified atom stereocenters. The summed E-state index contributed by atoms with van der Waals surface area (Å²) >= 11 is 0. The number of anilines is 4. The number of nitrogen functional groups attached to an aromatic ring is 2. The van der Waals surface area contributed by atoms with Gasteiger partial charge in [-0.05, 0) is 47.5 Å². The molecular formula is C22H34N6O4S. The van der Waals surface area contributed by atoms with E-state index in [9.17, 15) is 18.7 Å². The standard InChI is InChI=1S/C22H34N6O4S/c23-5-7-27-21-3-1-17(25)9-15(21)11-19(29)13-33(31,32)14-20(30)12-16-10-18(26)2-4-22(16)28-8-6-24/h1-4,9-10,27-28,31-32H,5-8,11-14,23-26H2. The fourth-order valence-corrected chi connectivity index (χ4v) is 4.71. The molecule has 0 amide bonds. The van der Waals surface area contributed by atoms with Gasteiger partial charge in [-0.1, -0.05) is 0 Å². The Kier molecular flexibility index (Phi) is 9.95. The zero-order valence-electron chi connectivity index (χ0n) is 18.5. The first-order chi connectivity index (χ1) is 15.6. The summed E-state index contributed by atoms with van der Waals surface area (Å²) in [6.07, 6.45) is -0.102. The van der Waals surface area contributed by atoms with Crippen molar-refractivity contribution in [1.29, 1.82) is 0 Å². The predicted octanol–water partition coefficient (Wildman–Crippen LogP) is 1.27. The van der Waals surface area contributed by atoms with Crippen molar-refractivity contribution in [3.63, 3.8) is 0 Å². The first-order valence-corrected chi connectivity index (χ1v) is 12.4. The maximum absolute atomic E-state index is 12.6. The second-order valence-electron chi connectivity index (χ2n) is 7.79. The molecule has 0 radical (unpaired) electrons. The number of carbonyl (C=O) groups excluding carboxylic acids is 2. The van der Waals surface area contributed by atoms with Gasteiger partial charge in [-0.25, -0.2) is 0 Å². The van der Waals surface area contributed by atoms with E-state index in [1.54, 1.807) is 36.4 Å². The van der Waals surface area contributed by atoms with Gasteiger partial charge in [-0.3, -0.25) is 18.7 Å². The van der Waals surface area contributed by atoms with Crippen molar-refractivity contribution in [2.75, 3.05) is 59.8 Å². The van der Waals surface area contributed by atoms with E-state index in [-0.39, 0.29) is 12.8 Å². The van der Waals surface area contributed by atoms with E-state index < -0.39 is 33.7 Å². The average molecular weight is 479 g/mol. The Bertz CT molecular complexity index is 894. The maximum atomic E-state index is 12.6. The Morgan fingerprint density at radius 1 is 0.758 bits per heavy atom. The van der Waals surface area contributed by atoms with Gasteiger partial charge in [-0.15, -0.1) is 0 Å². The van der Waals surface area contributed by atoms with Crippen molar-refractivity contribution in [3.05, 3.63) is 47.5 Å². The summed E-state index contributed by atoms with van der Waals surface area (Å²) in [6, 6.07) is 10.2. The summed E-state index contributed by atoms with van der Waals surface area (Å²) in [5, 5.41) is 6.23. The molecule has 0 spiro atoms. The molecule has 0 aromatic heterocycles. The van der Waals surface area contributed by atoms with Crippen LogP contribution in [-0.4, -0.2) is 58.4 Å². The SMILES string of the molecule is NCCNc1ccc(N)cc1CC(=O)CS(O)(O)CC(=O)Cc1cc(N)ccc1NCCN. The average Bonchev–Trinajstić information content (AvgIpc) is 2.71. The van der Waals surface area contributed by atoms with Gasteiger partial charge in [0.05, 0.1) is 11.5 Å². The van der Waals surface area contributed by atoms with E-state index in [4.69, 9.17) is 22.9 Å². The monoisotopic (exact) mass is 478 g/mol. The Labute approximate surface area is 195 Å². The molecule has 2 aromatic rings. The highest BCUT2D eigenvalue weighted by Crippen LogP contribution is 2.39. The Morgan fingerprint density at radius 2 is 1.15 bits per heavy atom. The van der Waals surface area contributed by atoms with E-state index in [1.165, 1.54) is 0 Å². The molecule has 0 saturated carbocycles. The van der Waals surface area contributed by atoms with E-state index in [0.717, 1.165) is 0 Å². The molecule has 0 aliphatic rings. The molecule has 0 fully saturated rings. The first-order valence-electron chi connectivity index (χ1n) is 10.5. The van der Waals surface area contributed by atoms with Crippen molar-refractivity contribution in [3.8, 4) is 0 Å². The molecule has 0 aliphatic carbocycles. The van der Waals surface area contributed by atoms with E-state index in [2.05, 4.69) is 10.6 Å². The Hall–Kier alpha value is -2.83. The van der Waals surface area contributed by atoms with Crippen LogP contribution in [0.15, 0.2) is 36.4 Å². The molecule has 11 heteroatoms. The van der Waals surface area contributed by atoms with Crippen molar-refractivity contribution in [2.24, 2.45) is 11.5 Å². The lowest BCUT2D eigenvalue weighted by Gasteiger charge is -2.30. The number of nitrogens with one attached hydrogen (secondary N) is 2. The molecule has 0 atom stereocenters. The van der Waals surface area contributed by atoms with Crippen molar-refractivity contribution in [2.45, 2.75) is 12.8 Å². The fraction of sp³-hybridized carbons (Fsp3) is 0.364. The summed E-state index contributed by atoms with van der Waals surface area (Å²) in [5.74, 6) is -1.84. The fourth-order valence-electron chi connectivity index (χ4n) is 3.37. The van der Waals surface area contributed by atoms with Gasteiger partial charge in [0, 0.05) is 61.8 Å². The van der Waals surface area contributed by atoms with Crippen LogP contribution in [0.5, 0.6) is 0 Å². The molecule has 0 bridgehead atoms. The normalized spacial score (nSPS) is 11.8. The molecule has 182 valence electrons. The lowest BCUT2D eigenvalue weighted by atomic mass is 10.1. The molecule has 12 N–H and O–H groups in total. The van der Waals surface area contributed by atoms with Gasteiger partial charge in [0.25, 0.3) is 0 Å². The predicted molar refractivity (Wildman–Crippen MR) is 137 cm³/mol. The van der Waals surface area contributed by atoms with Gasteiger partial charge >= 0.3 is 0 Å². The summed E-state index contributed by atoms with van der Waals surface area (Å²) < 4.78 is 20.9. The van der Waals surface area contributed by atoms with Gasteiger partial charge in [0.2, 0.25) is 0 Å². The molecule has 0 saturated heterocycles. The topological polar surface area (TPSA) is 203 Å². The van der Waals surface area contributed by atoms with Crippen LogP contribution >= 0.6 is 10.6 Å². The number of benzene rings is 2. The highest BCUT2D eigenvalue weighted by Gasteiger charge is 2.23. The van der Waals surface area contributed by atoms with Crippen molar-refractivity contribution in [1.82, 2.24) is 0 Å². The van der Waals surface area contributed by atoms with Gasteiger partial charge < -0.3 is 33.6 Å². The van der Waals surface area contributed by atoms with Gasteiger partial charge in [0.1, 0.15) is 0 Å². The molecule has 2 aromatic carbocycles. The number of Topliss-reactive ketones (excluding diaryl/α,β-unsaturated/α-hetero) is 2. The maximum Gasteiger partial charge on any atom is 0.156 e. The largest absolute Gasteiger partial charge is 0.399 e. The van der Waals surface area contributed by atoms with Gasteiger partial charge in [-0.2, -0.15) is 10.6 Å². The smallest absolute Gasteiger partial charge is 0.156 e. The number of nitrogens with two attached hydrogens (primary N) is 4. The van der Waals surface area contributed by atoms with Gasteiger partial charge in [0.15, 0.2) is 11.6 Å². The van der Waals surface area contributed by atoms with E-state index in [1.807, 2.05) is 0 Å². The molecule has 0 aliphatic heterocycles. The van der Waals surface area contributed by atoms with Crippen LogP contribution < -0.4 is 33.6 Å². The zero-order chi connectivity index (χ0) is 24.4. The molecule has 2 rings (SSSR count). The second kappa shape index (κ2) is 12.4. The summed E-state index contributed by atoms with van der Waals surface area (Å²) in [4.78, 5) is 25.2. The third-order valence-electron chi connectivity index (χ3n) is 4.74. The number of ketones is 2. The minimum absolute atomic E-state index is 0.0512. The van der Waals surface area contributed by atoms with Crippen LogP contribution in [0.3, 0.4) is 0 Å². The van der Waals surface area contributed by atoms with Crippen LogP contribution in [0.4, 0.5) is 22.7 Å². The van der Waals surface area contributed by atoms with Crippen LogP contribution in [0, 0.1) is 0 Å².